The molecule has 0 aliphatic carbocycles. The number of rotatable bonds is 7. The van der Waals surface area contributed by atoms with Crippen molar-refractivity contribution in [2.24, 2.45) is 5.11 Å². The molecule has 5 atom stereocenters. The summed E-state index contributed by atoms with van der Waals surface area (Å²) >= 11 is 0. The van der Waals surface area contributed by atoms with Gasteiger partial charge in [0.25, 0.3) is 0 Å². The van der Waals surface area contributed by atoms with Gasteiger partial charge in [-0.1, -0.05) is 23.3 Å². The Morgan fingerprint density at radius 3 is 2.21 bits per heavy atom. The van der Waals surface area contributed by atoms with Crippen molar-refractivity contribution < 1.29 is 38.1 Å². The first-order chi connectivity index (χ1) is 13.8. The standard InChI is InChI=1S/C18H21N3O8/c1-10(22)25-9-14-16(26-11(2)23)15(20-21-19)17(27-12(3)24)18(29-14)28-13-7-5-4-6-8-13/h4-8,14-18H,9H2,1-3H3/t14?,15?,16-,17?,18-/m0/s1. The fraction of sp³-hybridized carbons (Fsp3) is 0.500. The van der Waals surface area contributed by atoms with Crippen molar-refractivity contribution in [3.63, 3.8) is 0 Å². The van der Waals surface area contributed by atoms with Gasteiger partial charge in [-0.05, 0) is 17.7 Å². The number of nitrogens with zero attached hydrogens (tertiary/aromatic N) is 3. The Morgan fingerprint density at radius 2 is 1.66 bits per heavy atom. The molecular weight excluding hydrogens is 386 g/mol. The van der Waals surface area contributed by atoms with E-state index in [9.17, 15) is 14.4 Å². The summed E-state index contributed by atoms with van der Waals surface area (Å²) in [6.45, 7) is 3.22. The van der Waals surface area contributed by atoms with Gasteiger partial charge in [0.2, 0.25) is 6.29 Å². The SMILES string of the molecule is CC(=O)OCC1O[C@H](Oc2ccccc2)C(OC(C)=O)C(N=[N+]=[N-])[C@H]1OC(C)=O. The normalized spacial score (nSPS) is 25.8. The predicted molar refractivity (Wildman–Crippen MR) is 96.4 cm³/mol. The van der Waals surface area contributed by atoms with Gasteiger partial charge in [-0.2, -0.15) is 0 Å². The highest BCUT2D eigenvalue weighted by Gasteiger charge is 2.51. The summed E-state index contributed by atoms with van der Waals surface area (Å²) in [4.78, 5) is 37.2. The average molecular weight is 407 g/mol. The van der Waals surface area contributed by atoms with Gasteiger partial charge in [-0.25, -0.2) is 0 Å². The molecule has 0 aromatic heterocycles. The smallest absolute Gasteiger partial charge is 0.303 e. The molecule has 1 aromatic rings. The lowest BCUT2D eigenvalue weighted by molar-refractivity contribution is -0.259. The summed E-state index contributed by atoms with van der Waals surface area (Å²) in [5, 5.41) is 3.65. The van der Waals surface area contributed by atoms with Gasteiger partial charge in [-0.3, -0.25) is 14.4 Å². The predicted octanol–water partition coefficient (Wildman–Crippen LogP) is 1.90. The molecule has 0 spiro atoms. The number of azide groups is 1. The first kappa shape index (κ1) is 22.0. The lowest BCUT2D eigenvalue weighted by Gasteiger charge is -2.43. The van der Waals surface area contributed by atoms with E-state index in [2.05, 4.69) is 10.0 Å². The number of benzene rings is 1. The van der Waals surface area contributed by atoms with E-state index in [0.29, 0.717) is 5.75 Å². The minimum Gasteiger partial charge on any atom is -0.463 e. The van der Waals surface area contributed by atoms with Crippen LogP contribution in [-0.2, 0) is 33.3 Å². The Hall–Kier alpha value is -3.30. The van der Waals surface area contributed by atoms with Crippen LogP contribution in [0.4, 0.5) is 0 Å². The molecule has 0 bridgehead atoms. The topological polar surface area (TPSA) is 146 Å². The molecule has 156 valence electrons. The second-order valence-corrected chi connectivity index (χ2v) is 6.12. The van der Waals surface area contributed by atoms with E-state index in [1.54, 1.807) is 30.3 Å². The van der Waals surface area contributed by atoms with Gasteiger partial charge in [0.05, 0.1) is 0 Å². The van der Waals surface area contributed by atoms with Gasteiger partial charge in [-0.15, -0.1) is 0 Å². The monoisotopic (exact) mass is 407 g/mol. The molecule has 1 fully saturated rings. The number of ether oxygens (including phenoxy) is 5. The molecule has 1 aromatic carbocycles. The Kier molecular flexibility index (Phi) is 7.81. The molecule has 1 saturated heterocycles. The lowest BCUT2D eigenvalue weighted by atomic mass is 9.96. The number of hydrogen-bond acceptors (Lipinski definition) is 9. The lowest BCUT2D eigenvalue weighted by Crippen LogP contribution is -2.61. The maximum atomic E-state index is 11.6. The van der Waals surface area contributed by atoms with Crippen LogP contribution in [0.5, 0.6) is 5.75 Å². The fourth-order valence-electron chi connectivity index (χ4n) is 2.80. The van der Waals surface area contributed by atoms with Crippen molar-refractivity contribution in [3.8, 4) is 5.75 Å². The molecule has 29 heavy (non-hydrogen) atoms. The largest absolute Gasteiger partial charge is 0.463 e. The van der Waals surface area contributed by atoms with Crippen LogP contribution in [0.15, 0.2) is 35.4 Å². The highest BCUT2D eigenvalue weighted by Crippen LogP contribution is 2.30. The minimum atomic E-state index is -1.22. The van der Waals surface area contributed by atoms with E-state index in [-0.39, 0.29) is 6.61 Å². The van der Waals surface area contributed by atoms with Crippen LogP contribution in [0.1, 0.15) is 20.8 Å². The molecule has 0 saturated carbocycles. The summed E-state index contributed by atoms with van der Waals surface area (Å²) in [6, 6.07) is 7.34. The van der Waals surface area contributed by atoms with Crippen LogP contribution in [0.2, 0.25) is 0 Å². The Bertz CT molecular complexity index is 781. The number of carbonyl (C=O) groups is 3. The van der Waals surface area contributed by atoms with Crippen LogP contribution < -0.4 is 4.74 Å². The molecule has 1 aliphatic heterocycles. The van der Waals surface area contributed by atoms with E-state index in [0.717, 1.165) is 6.92 Å². The quantitative estimate of drug-likeness (QED) is 0.219. The molecule has 3 unspecified atom stereocenters. The number of esters is 3. The van der Waals surface area contributed by atoms with E-state index < -0.39 is 48.6 Å². The summed E-state index contributed by atoms with van der Waals surface area (Å²) in [7, 11) is 0. The first-order valence-electron chi connectivity index (χ1n) is 8.71. The molecule has 0 amide bonds. The van der Waals surface area contributed by atoms with E-state index in [4.69, 9.17) is 29.2 Å². The second kappa shape index (κ2) is 10.3. The van der Waals surface area contributed by atoms with Crippen LogP contribution >= 0.6 is 0 Å². The highest BCUT2D eigenvalue weighted by atomic mass is 16.7. The fourth-order valence-corrected chi connectivity index (χ4v) is 2.80. The zero-order valence-corrected chi connectivity index (χ0v) is 16.1. The van der Waals surface area contributed by atoms with Crippen LogP contribution in [-0.4, -0.2) is 55.2 Å². The molecule has 11 heteroatoms. The molecule has 1 heterocycles. The Balaban J connectivity index is 2.41. The van der Waals surface area contributed by atoms with Gasteiger partial charge in [0.1, 0.15) is 30.6 Å². The Labute approximate surface area is 166 Å². The van der Waals surface area contributed by atoms with Crippen molar-refractivity contribution in [2.45, 2.75) is 51.4 Å². The van der Waals surface area contributed by atoms with Gasteiger partial charge in [0.15, 0.2) is 6.10 Å². The maximum Gasteiger partial charge on any atom is 0.303 e. The van der Waals surface area contributed by atoms with Crippen molar-refractivity contribution in [2.75, 3.05) is 6.61 Å². The Morgan fingerprint density at radius 1 is 1.03 bits per heavy atom. The summed E-state index contributed by atoms with van der Waals surface area (Å²) in [5.41, 5.74) is 9.01. The van der Waals surface area contributed by atoms with E-state index in [1.807, 2.05) is 0 Å². The van der Waals surface area contributed by atoms with Crippen LogP contribution in [0, 0.1) is 0 Å². The van der Waals surface area contributed by atoms with Crippen molar-refractivity contribution in [3.05, 3.63) is 40.8 Å². The first-order valence-corrected chi connectivity index (χ1v) is 8.71. The summed E-state index contributed by atoms with van der Waals surface area (Å²) in [6.07, 6.45) is -4.65. The summed E-state index contributed by atoms with van der Waals surface area (Å²) < 4.78 is 27.1. The van der Waals surface area contributed by atoms with Crippen LogP contribution in [0.25, 0.3) is 10.4 Å². The third kappa shape index (κ3) is 6.37. The van der Waals surface area contributed by atoms with Gasteiger partial charge in [0, 0.05) is 25.7 Å². The molecule has 11 nitrogen and oxygen atoms in total. The molecule has 0 radical (unpaired) electrons. The second-order valence-electron chi connectivity index (χ2n) is 6.12. The third-order valence-corrected chi connectivity index (χ3v) is 3.85. The molecule has 2 rings (SSSR count). The van der Waals surface area contributed by atoms with Gasteiger partial charge < -0.3 is 23.7 Å². The zero-order chi connectivity index (χ0) is 21.4. The van der Waals surface area contributed by atoms with Crippen molar-refractivity contribution in [1.82, 2.24) is 0 Å². The summed E-state index contributed by atoms with van der Waals surface area (Å²) in [5.74, 6) is -1.56. The van der Waals surface area contributed by atoms with Gasteiger partial charge >= 0.3 is 17.9 Å². The number of hydrogen-bond donors (Lipinski definition) is 0. The zero-order valence-electron chi connectivity index (χ0n) is 16.1. The van der Waals surface area contributed by atoms with Crippen LogP contribution in [0.3, 0.4) is 0 Å². The van der Waals surface area contributed by atoms with E-state index in [1.165, 1.54) is 13.8 Å². The average Bonchev–Trinajstić information content (AvgIpc) is 2.65. The molecule has 0 N–H and O–H groups in total. The minimum absolute atomic E-state index is 0.299. The third-order valence-electron chi connectivity index (χ3n) is 3.85. The highest BCUT2D eigenvalue weighted by molar-refractivity contribution is 5.67. The van der Waals surface area contributed by atoms with Crippen molar-refractivity contribution in [1.29, 1.82) is 0 Å². The maximum absolute atomic E-state index is 11.6. The number of carbonyl (C=O) groups excluding carboxylic acids is 3. The van der Waals surface area contributed by atoms with E-state index >= 15 is 0 Å². The molecule has 1 aliphatic rings. The van der Waals surface area contributed by atoms with Crippen molar-refractivity contribution >= 4 is 17.9 Å². The molecular formula is C18H21N3O8. The number of para-hydroxylation sites is 1.